The smallest absolute Gasteiger partial charge is 0.345 e. The average Bonchev–Trinajstić information content (AvgIpc) is 3.32. The van der Waals surface area contributed by atoms with Crippen LogP contribution in [0.25, 0.3) is 0 Å². The first kappa shape index (κ1) is 27.9. The number of carbonyl (C=O) groups is 4. The molecule has 0 bridgehead atoms. The van der Waals surface area contributed by atoms with Crippen LogP contribution in [0.3, 0.4) is 0 Å². The van der Waals surface area contributed by atoms with Gasteiger partial charge in [0.2, 0.25) is 5.91 Å². The molecule has 4 rings (SSSR count). The summed E-state index contributed by atoms with van der Waals surface area (Å²) in [5.41, 5.74) is 0.899. The highest BCUT2D eigenvalue weighted by atomic mass is 35.5. The van der Waals surface area contributed by atoms with E-state index in [2.05, 4.69) is 0 Å². The van der Waals surface area contributed by atoms with Gasteiger partial charge in [0.15, 0.2) is 12.4 Å². The average molecular weight is 572 g/mol. The highest BCUT2D eigenvalue weighted by Crippen LogP contribution is 2.36. The first-order chi connectivity index (χ1) is 18.7. The second-order valence-corrected chi connectivity index (χ2v) is 9.36. The third-order valence-electron chi connectivity index (χ3n) is 6.02. The maximum atomic E-state index is 12.6. The van der Waals surface area contributed by atoms with E-state index in [1.807, 2.05) is 0 Å². The lowest BCUT2D eigenvalue weighted by atomic mass is 10.1. The van der Waals surface area contributed by atoms with Gasteiger partial charge in [0.05, 0.1) is 36.4 Å². The summed E-state index contributed by atoms with van der Waals surface area (Å²) in [6, 6.07) is 15.2. The second-order valence-electron chi connectivity index (χ2n) is 8.51. The molecule has 0 aromatic heterocycles. The molecule has 1 amide bonds. The van der Waals surface area contributed by atoms with Crippen molar-refractivity contribution in [2.75, 3.05) is 32.3 Å². The van der Waals surface area contributed by atoms with Gasteiger partial charge in [-0.25, -0.2) is 4.79 Å². The summed E-state index contributed by atoms with van der Waals surface area (Å²) < 4.78 is 21.0. The Bertz CT molecular complexity index is 1420. The van der Waals surface area contributed by atoms with Gasteiger partial charge >= 0.3 is 11.9 Å². The lowest BCUT2D eigenvalue weighted by Crippen LogP contribution is -2.27. The van der Waals surface area contributed by atoms with Crippen molar-refractivity contribution in [3.05, 3.63) is 81.8 Å². The summed E-state index contributed by atoms with van der Waals surface area (Å²) in [5.74, 6) is -1.62. The van der Waals surface area contributed by atoms with Crippen LogP contribution in [0, 0.1) is 5.92 Å². The summed E-state index contributed by atoms with van der Waals surface area (Å²) in [6.45, 7) is -0.416. The van der Waals surface area contributed by atoms with Gasteiger partial charge in [0.1, 0.15) is 17.2 Å². The minimum absolute atomic E-state index is 0.0556. The second kappa shape index (κ2) is 12.2. The topological polar surface area (TPSA) is 108 Å². The molecule has 0 N–H and O–H groups in total. The number of rotatable bonds is 9. The maximum absolute atomic E-state index is 12.6. The highest BCUT2D eigenvalue weighted by molar-refractivity contribution is 6.36. The van der Waals surface area contributed by atoms with Crippen molar-refractivity contribution in [1.29, 1.82) is 0 Å². The van der Waals surface area contributed by atoms with Gasteiger partial charge in [-0.2, -0.15) is 0 Å². The lowest BCUT2D eigenvalue weighted by molar-refractivity contribution is -0.147. The SMILES string of the molecule is COc1ccc(N2C[C@H](C(=O)OCC(=O)c3ccc(OC(=O)c4ccc(Cl)cc4Cl)cc3)CC2=O)c(OC)c1. The molecule has 39 heavy (non-hydrogen) atoms. The summed E-state index contributed by atoms with van der Waals surface area (Å²) in [6.07, 6.45) is -0.0556. The molecule has 0 unspecified atom stereocenters. The number of esters is 2. The largest absolute Gasteiger partial charge is 0.497 e. The van der Waals surface area contributed by atoms with Gasteiger partial charge in [-0.15, -0.1) is 0 Å². The molecule has 1 fully saturated rings. The predicted octanol–water partition coefficient (Wildman–Crippen LogP) is 5.01. The number of ketones is 1. The van der Waals surface area contributed by atoms with Gasteiger partial charge in [-0.3, -0.25) is 14.4 Å². The molecule has 3 aromatic carbocycles. The van der Waals surface area contributed by atoms with E-state index in [0.29, 0.717) is 22.2 Å². The summed E-state index contributed by atoms with van der Waals surface area (Å²) in [5, 5.41) is 0.533. The van der Waals surface area contributed by atoms with E-state index in [9.17, 15) is 19.2 Å². The van der Waals surface area contributed by atoms with Crippen LogP contribution in [-0.4, -0.2) is 51.0 Å². The summed E-state index contributed by atoms with van der Waals surface area (Å²) in [7, 11) is 2.99. The number of nitrogens with zero attached hydrogens (tertiary/aromatic N) is 1. The van der Waals surface area contributed by atoms with Gasteiger partial charge in [0, 0.05) is 29.6 Å². The molecule has 3 aromatic rings. The van der Waals surface area contributed by atoms with Gasteiger partial charge < -0.3 is 23.8 Å². The van der Waals surface area contributed by atoms with E-state index in [0.717, 1.165) is 0 Å². The van der Waals surface area contributed by atoms with Crippen LogP contribution in [0.4, 0.5) is 5.69 Å². The standard InChI is InChI=1S/C28H23Cl2NO8/c1-36-20-8-10-23(25(13-20)37-2)31-14-17(11-26(31)33)27(34)38-15-24(32)16-3-6-19(7-4-16)39-28(35)21-9-5-18(29)12-22(21)30/h3-10,12-13,17H,11,14-15H2,1-2H3/t17-/m1/s1. The van der Waals surface area contributed by atoms with Crippen molar-refractivity contribution in [1.82, 2.24) is 0 Å². The Morgan fingerprint density at radius 1 is 0.923 bits per heavy atom. The monoisotopic (exact) mass is 571 g/mol. The van der Waals surface area contributed by atoms with E-state index in [1.165, 1.54) is 61.6 Å². The van der Waals surface area contributed by atoms with Crippen LogP contribution < -0.4 is 19.1 Å². The Hall–Kier alpha value is -4.08. The predicted molar refractivity (Wildman–Crippen MR) is 143 cm³/mol. The van der Waals surface area contributed by atoms with Crippen molar-refractivity contribution >= 4 is 52.5 Å². The molecule has 1 saturated heterocycles. The molecule has 1 heterocycles. The van der Waals surface area contributed by atoms with Crippen LogP contribution >= 0.6 is 23.2 Å². The van der Waals surface area contributed by atoms with E-state index < -0.39 is 30.2 Å². The minimum atomic E-state index is -0.737. The molecule has 1 aliphatic heterocycles. The Kier molecular flexibility index (Phi) is 8.73. The number of Topliss-reactive ketones (excluding diaryl/α,β-unsaturated/α-hetero) is 1. The third-order valence-corrected chi connectivity index (χ3v) is 6.57. The number of anilines is 1. The number of halogens is 2. The first-order valence-electron chi connectivity index (χ1n) is 11.7. The van der Waals surface area contributed by atoms with Gasteiger partial charge in [-0.05, 0) is 54.6 Å². The molecule has 0 radical (unpaired) electrons. The Morgan fingerprint density at radius 3 is 2.31 bits per heavy atom. The Balaban J connectivity index is 1.32. The molecule has 0 aliphatic carbocycles. The van der Waals surface area contributed by atoms with Crippen molar-refractivity contribution in [3.63, 3.8) is 0 Å². The molecular weight excluding hydrogens is 549 g/mol. The van der Waals surface area contributed by atoms with Crippen LogP contribution in [0.5, 0.6) is 17.2 Å². The van der Waals surface area contributed by atoms with E-state index in [4.69, 9.17) is 42.1 Å². The van der Waals surface area contributed by atoms with Crippen molar-refractivity contribution in [3.8, 4) is 17.2 Å². The van der Waals surface area contributed by atoms with Crippen molar-refractivity contribution in [2.45, 2.75) is 6.42 Å². The summed E-state index contributed by atoms with van der Waals surface area (Å²) >= 11 is 11.9. The molecule has 11 heteroatoms. The van der Waals surface area contributed by atoms with Crippen molar-refractivity contribution < 1.29 is 38.1 Å². The van der Waals surface area contributed by atoms with Gasteiger partial charge in [0.25, 0.3) is 0 Å². The minimum Gasteiger partial charge on any atom is -0.497 e. The van der Waals surface area contributed by atoms with Crippen LogP contribution in [0.2, 0.25) is 10.0 Å². The highest BCUT2D eigenvalue weighted by Gasteiger charge is 2.37. The molecular formula is C28H23Cl2NO8. The molecule has 202 valence electrons. The van der Waals surface area contributed by atoms with E-state index >= 15 is 0 Å². The maximum Gasteiger partial charge on any atom is 0.345 e. The van der Waals surface area contributed by atoms with Crippen LogP contribution in [-0.2, 0) is 14.3 Å². The fraction of sp³-hybridized carbons (Fsp3) is 0.214. The number of hydrogen-bond acceptors (Lipinski definition) is 8. The van der Waals surface area contributed by atoms with Crippen LogP contribution in [0.15, 0.2) is 60.7 Å². The van der Waals surface area contributed by atoms with E-state index in [1.54, 1.807) is 18.2 Å². The number of amides is 1. The Morgan fingerprint density at radius 2 is 1.64 bits per heavy atom. The molecule has 1 aliphatic rings. The number of benzene rings is 3. The van der Waals surface area contributed by atoms with Crippen LogP contribution in [0.1, 0.15) is 27.1 Å². The number of carbonyl (C=O) groups excluding carboxylic acids is 4. The molecule has 0 saturated carbocycles. The quantitative estimate of drug-likeness (QED) is 0.200. The summed E-state index contributed by atoms with van der Waals surface area (Å²) in [4.78, 5) is 51.6. The third kappa shape index (κ3) is 6.50. The lowest BCUT2D eigenvalue weighted by Gasteiger charge is -2.20. The molecule has 1 atom stereocenters. The normalized spacial score (nSPS) is 14.6. The molecule has 9 nitrogen and oxygen atoms in total. The fourth-order valence-electron chi connectivity index (χ4n) is 3.97. The number of hydrogen-bond donors (Lipinski definition) is 0. The number of ether oxygens (including phenoxy) is 4. The zero-order chi connectivity index (χ0) is 28.1. The van der Waals surface area contributed by atoms with E-state index in [-0.39, 0.29) is 40.8 Å². The molecule has 0 spiro atoms. The van der Waals surface area contributed by atoms with Crippen molar-refractivity contribution in [2.24, 2.45) is 5.92 Å². The first-order valence-corrected chi connectivity index (χ1v) is 12.4. The van der Waals surface area contributed by atoms with Gasteiger partial charge in [-0.1, -0.05) is 23.2 Å². The Labute approximate surface area is 234 Å². The zero-order valence-corrected chi connectivity index (χ0v) is 22.5. The zero-order valence-electron chi connectivity index (χ0n) is 20.9. The fourth-order valence-corrected chi connectivity index (χ4v) is 4.46. The number of methoxy groups -OCH3 is 2.